The Kier molecular flexibility index (Phi) is 5.85. The summed E-state index contributed by atoms with van der Waals surface area (Å²) in [5.74, 6) is 0.729. The topological polar surface area (TPSA) is 99.6 Å². The van der Waals surface area contributed by atoms with Gasteiger partial charge in [-0.2, -0.15) is 9.78 Å². The highest BCUT2D eigenvalue weighted by atomic mass is 16.6. The summed E-state index contributed by atoms with van der Waals surface area (Å²) in [5.41, 5.74) is 1.12. The third kappa shape index (κ3) is 4.15. The molecule has 0 saturated heterocycles. The summed E-state index contributed by atoms with van der Waals surface area (Å²) in [6.45, 7) is 3.82. The van der Waals surface area contributed by atoms with Crippen molar-refractivity contribution < 1.29 is 9.66 Å². The summed E-state index contributed by atoms with van der Waals surface area (Å²) < 4.78 is 6.78. The third-order valence-electron chi connectivity index (χ3n) is 4.66. The van der Waals surface area contributed by atoms with Crippen molar-refractivity contribution >= 4 is 22.8 Å². The van der Waals surface area contributed by atoms with Crippen molar-refractivity contribution in [1.29, 1.82) is 0 Å². The first-order valence-corrected chi connectivity index (χ1v) is 9.72. The molecule has 0 aliphatic carbocycles. The normalized spacial score (nSPS) is 11.0. The van der Waals surface area contributed by atoms with E-state index >= 15 is 0 Å². The van der Waals surface area contributed by atoms with Crippen LogP contribution in [0.25, 0.3) is 22.3 Å². The number of benzene rings is 3. The minimum atomic E-state index is -0.506. The first-order chi connectivity index (χ1) is 15.6. The van der Waals surface area contributed by atoms with E-state index in [0.29, 0.717) is 33.6 Å². The molecular weight excluding hydrogens is 408 g/mol. The van der Waals surface area contributed by atoms with Crippen LogP contribution in [0, 0.1) is 10.1 Å². The number of aromatic nitrogens is 2. The molecular formula is C24H18N4O4. The van der Waals surface area contributed by atoms with E-state index in [2.05, 4.69) is 16.7 Å². The number of fused-ring (bicyclic) bond motifs is 1. The van der Waals surface area contributed by atoms with Gasteiger partial charge in [-0.15, -0.1) is 0 Å². The van der Waals surface area contributed by atoms with Crippen LogP contribution in [0.4, 0.5) is 5.69 Å². The van der Waals surface area contributed by atoms with E-state index in [4.69, 9.17) is 4.74 Å². The first-order valence-electron chi connectivity index (χ1n) is 9.72. The minimum Gasteiger partial charge on any atom is -0.489 e. The first kappa shape index (κ1) is 20.7. The van der Waals surface area contributed by atoms with E-state index in [0.717, 1.165) is 0 Å². The third-order valence-corrected chi connectivity index (χ3v) is 4.66. The van der Waals surface area contributed by atoms with Gasteiger partial charge in [-0.3, -0.25) is 14.9 Å². The van der Waals surface area contributed by atoms with Gasteiger partial charge in [0.15, 0.2) is 5.82 Å². The van der Waals surface area contributed by atoms with Gasteiger partial charge in [-0.05, 0) is 18.2 Å². The molecule has 0 aliphatic rings. The van der Waals surface area contributed by atoms with Crippen molar-refractivity contribution in [2.75, 3.05) is 6.61 Å². The number of para-hydroxylation sites is 1. The summed E-state index contributed by atoms with van der Waals surface area (Å²) in [6, 6.07) is 20.4. The van der Waals surface area contributed by atoms with Crippen molar-refractivity contribution in [2.24, 2.45) is 5.10 Å². The molecule has 0 saturated carbocycles. The lowest BCUT2D eigenvalue weighted by molar-refractivity contribution is -0.384. The van der Waals surface area contributed by atoms with Crippen LogP contribution in [0.1, 0.15) is 5.56 Å². The van der Waals surface area contributed by atoms with Crippen LogP contribution in [-0.2, 0) is 0 Å². The predicted octanol–water partition coefficient (Wildman–Crippen LogP) is 4.42. The van der Waals surface area contributed by atoms with E-state index in [9.17, 15) is 14.9 Å². The molecule has 32 heavy (non-hydrogen) atoms. The van der Waals surface area contributed by atoms with Crippen LogP contribution in [0.2, 0.25) is 0 Å². The Morgan fingerprint density at radius 2 is 1.84 bits per heavy atom. The summed E-state index contributed by atoms with van der Waals surface area (Å²) in [7, 11) is 0. The van der Waals surface area contributed by atoms with Crippen LogP contribution < -0.4 is 10.3 Å². The van der Waals surface area contributed by atoms with Gasteiger partial charge in [0.25, 0.3) is 11.2 Å². The number of hydrogen-bond acceptors (Lipinski definition) is 6. The summed E-state index contributed by atoms with van der Waals surface area (Å²) in [6.07, 6.45) is 2.92. The maximum Gasteiger partial charge on any atom is 0.282 e. The van der Waals surface area contributed by atoms with Crippen LogP contribution in [0.15, 0.2) is 95.3 Å². The molecule has 0 aliphatic heterocycles. The Bertz CT molecular complexity index is 1390. The molecule has 3 aromatic carbocycles. The molecule has 0 atom stereocenters. The maximum absolute atomic E-state index is 13.2. The fraction of sp³-hybridized carbons (Fsp3) is 0.0417. The summed E-state index contributed by atoms with van der Waals surface area (Å²) in [5, 5.41) is 16.0. The predicted molar refractivity (Wildman–Crippen MR) is 123 cm³/mol. The van der Waals surface area contributed by atoms with Crippen molar-refractivity contribution in [1.82, 2.24) is 9.66 Å². The van der Waals surface area contributed by atoms with Gasteiger partial charge in [-0.25, -0.2) is 4.98 Å². The molecule has 4 rings (SSSR count). The fourth-order valence-corrected chi connectivity index (χ4v) is 3.16. The molecule has 0 spiro atoms. The van der Waals surface area contributed by atoms with E-state index < -0.39 is 4.92 Å². The molecule has 0 bridgehead atoms. The number of hydrogen-bond donors (Lipinski definition) is 0. The SMILES string of the molecule is C=CCOc1ccc([N+](=O)[O-])cc1C=Nn1c(-c2ccccc2)nc2ccccc2c1=O. The zero-order valence-electron chi connectivity index (χ0n) is 16.9. The van der Waals surface area contributed by atoms with Crippen LogP contribution in [0.5, 0.6) is 5.75 Å². The van der Waals surface area contributed by atoms with Gasteiger partial charge in [0.05, 0.1) is 22.0 Å². The number of non-ortho nitro benzene ring substituents is 1. The molecule has 8 nitrogen and oxygen atoms in total. The van der Waals surface area contributed by atoms with Crippen LogP contribution in [-0.4, -0.2) is 27.4 Å². The standard InChI is InChI=1S/C24H18N4O4/c1-2-14-32-22-13-12-19(28(30)31)15-18(22)16-25-27-23(17-8-4-3-5-9-17)26-21-11-7-6-10-20(21)24(27)29/h2-13,15-16H,1,14H2. The van der Waals surface area contributed by atoms with E-state index in [-0.39, 0.29) is 17.9 Å². The molecule has 0 N–H and O–H groups in total. The summed E-state index contributed by atoms with van der Waals surface area (Å²) >= 11 is 0. The van der Waals surface area contributed by atoms with Gasteiger partial charge in [0.1, 0.15) is 12.4 Å². The second-order valence-corrected chi connectivity index (χ2v) is 6.76. The lowest BCUT2D eigenvalue weighted by atomic mass is 10.2. The van der Waals surface area contributed by atoms with Crippen LogP contribution >= 0.6 is 0 Å². The Hall–Kier alpha value is -4.59. The van der Waals surface area contributed by atoms with Gasteiger partial charge < -0.3 is 4.74 Å². The minimum absolute atomic E-state index is 0.121. The van der Waals surface area contributed by atoms with Crippen molar-refractivity contribution in [3.05, 3.63) is 111 Å². The lowest BCUT2D eigenvalue weighted by Crippen LogP contribution is -2.20. The average Bonchev–Trinajstić information content (AvgIpc) is 2.82. The molecule has 8 heteroatoms. The Morgan fingerprint density at radius 3 is 2.59 bits per heavy atom. The van der Waals surface area contributed by atoms with Crippen LogP contribution in [0.3, 0.4) is 0 Å². The van der Waals surface area contributed by atoms with Gasteiger partial charge in [0.2, 0.25) is 0 Å². The van der Waals surface area contributed by atoms with Crippen molar-refractivity contribution in [3.8, 4) is 17.1 Å². The van der Waals surface area contributed by atoms with Crippen molar-refractivity contribution in [3.63, 3.8) is 0 Å². The largest absolute Gasteiger partial charge is 0.489 e. The average molecular weight is 426 g/mol. The number of nitrogens with zero attached hydrogens (tertiary/aromatic N) is 4. The lowest BCUT2D eigenvalue weighted by Gasteiger charge is -2.10. The molecule has 0 fully saturated rings. The second-order valence-electron chi connectivity index (χ2n) is 6.76. The van der Waals surface area contributed by atoms with E-state index in [1.165, 1.54) is 29.1 Å². The van der Waals surface area contributed by atoms with Gasteiger partial charge >= 0.3 is 0 Å². The number of ether oxygens (including phenoxy) is 1. The Morgan fingerprint density at radius 1 is 1.09 bits per heavy atom. The maximum atomic E-state index is 13.2. The molecule has 4 aromatic rings. The Labute approximate surface area is 182 Å². The van der Waals surface area contributed by atoms with Gasteiger partial charge in [0, 0.05) is 23.3 Å². The molecule has 0 unspecified atom stereocenters. The molecule has 1 aromatic heterocycles. The quantitative estimate of drug-likeness (QED) is 0.188. The number of rotatable bonds is 7. The fourth-order valence-electron chi connectivity index (χ4n) is 3.16. The monoisotopic (exact) mass is 426 g/mol. The highest BCUT2D eigenvalue weighted by Gasteiger charge is 2.14. The zero-order valence-corrected chi connectivity index (χ0v) is 16.9. The molecule has 1 heterocycles. The summed E-state index contributed by atoms with van der Waals surface area (Å²) in [4.78, 5) is 28.6. The highest BCUT2D eigenvalue weighted by Crippen LogP contribution is 2.24. The second kappa shape index (κ2) is 9.05. The number of nitro benzene ring substituents is 1. The van der Waals surface area contributed by atoms with Gasteiger partial charge in [-0.1, -0.05) is 55.1 Å². The van der Waals surface area contributed by atoms with E-state index in [1.54, 1.807) is 24.3 Å². The number of nitro groups is 1. The smallest absolute Gasteiger partial charge is 0.282 e. The molecule has 0 radical (unpaired) electrons. The Balaban J connectivity index is 1.90. The molecule has 0 amide bonds. The molecule has 158 valence electrons. The zero-order chi connectivity index (χ0) is 22.5. The van der Waals surface area contributed by atoms with E-state index in [1.807, 2.05) is 36.4 Å². The highest BCUT2D eigenvalue weighted by molar-refractivity contribution is 5.85. The van der Waals surface area contributed by atoms with Crippen molar-refractivity contribution in [2.45, 2.75) is 0 Å².